The highest BCUT2D eigenvalue weighted by molar-refractivity contribution is 5.34. The van der Waals surface area contributed by atoms with Crippen LogP contribution < -0.4 is 5.32 Å². The number of aliphatic hydroxyl groups excluding tert-OH is 2. The zero-order valence-electron chi connectivity index (χ0n) is 12.1. The molecule has 2 aromatic rings. The second kappa shape index (κ2) is 7.17. The normalized spacial score (nSPS) is 13.8. The van der Waals surface area contributed by atoms with Crippen LogP contribution in [0.4, 0.5) is 5.69 Å². The maximum absolute atomic E-state index is 10.6. The number of furan rings is 1. The zero-order valence-corrected chi connectivity index (χ0v) is 12.1. The summed E-state index contributed by atoms with van der Waals surface area (Å²) in [5.41, 5.74) is 1.43. The van der Waals surface area contributed by atoms with Crippen LogP contribution in [0.2, 0.25) is 0 Å². The Hall–Kier alpha value is -2.22. The second-order valence-corrected chi connectivity index (χ2v) is 4.99. The minimum atomic E-state index is -0.985. The number of aryl methyl sites for hydroxylation is 1. The topological polar surface area (TPSA) is 109 Å². The predicted molar refractivity (Wildman–Crippen MR) is 79.2 cm³/mol. The highest BCUT2D eigenvalue weighted by Gasteiger charge is 2.21. The number of nitrogens with zero attached hydrogens (tertiary/aromatic N) is 1. The van der Waals surface area contributed by atoms with Crippen molar-refractivity contribution < 1.29 is 19.6 Å². The molecule has 0 fully saturated rings. The first-order chi connectivity index (χ1) is 10.5. The van der Waals surface area contributed by atoms with Gasteiger partial charge in [-0.05, 0) is 36.2 Å². The Kier molecular flexibility index (Phi) is 5.26. The summed E-state index contributed by atoms with van der Waals surface area (Å²) in [6.07, 6.45) is 0.591. The Morgan fingerprint density at radius 1 is 1.32 bits per heavy atom. The number of aliphatic hydroxyl groups is 2. The summed E-state index contributed by atoms with van der Waals surface area (Å²) in [6.45, 7) is 1.99. The molecule has 0 saturated heterocycles. The molecular weight excluding hydrogens is 288 g/mol. The molecule has 0 radical (unpaired) electrons. The maximum atomic E-state index is 10.6. The van der Waals surface area contributed by atoms with Crippen molar-refractivity contribution in [3.63, 3.8) is 0 Å². The van der Waals surface area contributed by atoms with E-state index in [9.17, 15) is 20.3 Å². The second-order valence-electron chi connectivity index (χ2n) is 4.99. The van der Waals surface area contributed by atoms with E-state index in [1.54, 1.807) is 6.26 Å². The van der Waals surface area contributed by atoms with Crippen LogP contribution in [-0.4, -0.2) is 27.8 Å². The number of benzene rings is 1. The lowest BCUT2D eigenvalue weighted by Gasteiger charge is -2.22. The van der Waals surface area contributed by atoms with Gasteiger partial charge in [0.1, 0.15) is 5.76 Å². The van der Waals surface area contributed by atoms with Gasteiger partial charge < -0.3 is 19.9 Å². The van der Waals surface area contributed by atoms with E-state index in [0.29, 0.717) is 12.1 Å². The monoisotopic (exact) mass is 306 g/mol. The van der Waals surface area contributed by atoms with Crippen molar-refractivity contribution in [3.05, 3.63) is 63.6 Å². The van der Waals surface area contributed by atoms with Crippen LogP contribution in [0.3, 0.4) is 0 Å². The number of nitro benzene ring substituents is 1. The molecule has 3 N–H and O–H groups in total. The van der Waals surface area contributed by atoms with Crippen LogP contribution >= 0.6 is 0 Å². The number of non-ortho nitro benzene ring substituents is 1. The van der Waals surface area contributed by atoms with E-state index in [2.05, 4.69) is 5.32 Å². The molecule has 7 nitrogen and oxygen atoms in total. The minimum absolute atomic E-state index is 0.0457. The third-order valence-electron chi connectivity index (χ3n) is 3.52. The van der Waals surface area contributed by atoms with Gasteiger partial charge in [-0.2, -0.15) is 0 Å². The molecule has 0 spiro atoms. The number of hydrogen-bond donors (Lipinski definition) is 3. The van der Waals surface area contributed by atoms with Crippen LogP contribution in [0.1, 0.15) is 23.0 Å². The van der Waals surface area contributed by atoms with Crippen LogP contribution in [0.25, 0.3) is 0 Å². The van der Waals surface area contributed by atoms with Gasteiger partial charge in [-0.3, -0.25) is 10.1 Å². The fourth-order valence-corrected chi connectivity index (χ4v) is 2.11. The average molecular weight is 306 g/mol. The molecule has 7 heteroatoms. The number of rotatable bonds is 7. The van der Waals surface area contributed by atoms with E-state index in [0.717, 1.165) is 11.3 Å². The lowest BCUT2D eigenvalue weighted by Crippen LogP contribution is -2.37. The highest BCUT2D eigenvalue weighted by Crippen LogP contribution is 2.21. The van der Waals surface area contributed by atoms with E-state index in [-0.39, 0.29) is 12.3 Å². The molecule has 1 heterocycles. The van der Waals surface area contributed by atoms with Crippen molar-refractivity contribution in [1.82, 2.24) is 5.32 Å². The summed E-state index contributed by atoms with van der Waals surface area (Å²) in [4.78, 5) is 10.1. The number of nitrogens with one attached hydrogen (secondary N) is 1. The van der Waals surface area contributed by atoms with Crippen LogP contribution in [0.5, 0.6) is 0 Å². The Morgan fingerprint density at radius 3 is 2.50 bits per heavy atom. The van der Waals surface area contributed by atoms with Gasteiger partial charge in [0.25, 0.3) is 5.69 Å². The first kappa shape index (κ1) is 16.2. The number of hydrogen-bond acceptors (Lipinski definition) is 6. The lowest BCUT2D eigenvalue weighted by molar-refractivity contribution is -0.384. The van der Waals surface area contributed by atoms with Gasteiger partial charge in [-0.15, -0.1) is 0 Å². The van der Waals surface area contributed by atoms with Crippen LogP contribution in [-0.2, 0) is 6.54 Å². The Bertz CT molecular complexity index is 623. The fraction of sp³-hybridized carbons (Fsp3) is 0.333. The smallest absolute Gasteiger partial charge is 0.269 e. The molecule has 0 amide bonds. The quantitative estimate of drug-likeness (QED) is 0.530. The first-order valence-electron chi connectivity index (χ1n) is 6.82. The third-order valence-corrected chi connectivity index (χ3v) is 3.52. The molecule has 118 valence electrons. The van der Waals surface area contributed by atoms with Gasteiger partial charge in [-0.25, -0.2) is 0 Å². The summed E-state index contributed by atoms with van der Waals surface area (Å²) >= 11 is 0. The van der Waals surface area contributed by atoms with Crippen molar-refractivity contribution in [2.75, 3.05) is 6.61 Å². The van der Waals surface area contributed by atoms with Crippen LogP contribution in [0.15, 0.2) is 41.0 Å². The van der Waals surface area contributed by atoms with E-state index in [4.69, 9.17) is 4.42 Å². The van der Waals surface area contributed by atoms with E-state index in [1.807, 2.05) is 13.0 Å². The molecule has 1 aromatic heterocycles. The molecule has 2 rings (SSSR count). The largest absolute Gasteiger partial charge is 0.468 e. The van der Waals surface area contributed by atoms with E-state index in [1.165, 1.54) is 24.3 Å². The predicted octanol–water partition coefficient (Wildman–Crippen LogP) is 1.68. The number of nitro groups is 1. The SMILES string of the molecule is Cc1ccoc1CN[C@@H](CO)[C@@H](O)c1ccc([N+](=O)[O-])cc1. The van der Waals surface area contributed by atoms with E-state index < -0.39 is 17.1 Å². The zero-order chi connectivity index (χ0) is 16.1. The molecule has 0 aliphatic carbocycles. The molecule has 22 heavy (non-hydrogen) atoms. The van der Waals surface area contributed by atoms with Crippen LogP contribution in [0, 0.1) is 17.0 Å². The summed E-state index contributed by atoms with van der Waals surface area (Å²) in [6, 6.07) is 6.83. The minimum Gasteiger partial charge on any atom is -0.468 e. The van der Waals surface area contributed by atoms with Gasteiger partial charge in [0.15, 0.2) is 0 Å². The summed E-state index contributed by atoms with van der Waals surface area (Å²) < 4.78 is 5.29. The van der Waals surface area contributed by atoms with Crippen molar-refractivity contribution in [2.24, 2.45) is 0 Å². The highest BCUT2D eigenvalue weighted by atomic mass is 16.6. The fourth-order valence-electron chi connectivity index (χ4n) is 2.11. The summed E-state index contributed by atoms with van der Waals surface area (Å²) in [5.74, 6) is 0.731. The Balaban J connectivity index is 2.03. The van der Waals surface area contributed by atoms with Gasteiger partial charge in [-0.1, -0.05) is 0 Å². The van der Waals surface area contributed by atoms with Crippen molar-refractivity contribution in [2.45, 2.75) is 25.6 Å². The Morgan fingerprint density at radius 2 is 2.00 bits per heavy atom. The molecule has 0 bridgehead atoms. The summed E-state index contributed by atoms with van der Waals surface area (Å²) in [7, 11) is 0. The van der Waals surface area contributed by atoms with Gasteiger partial charge in [0.2, 0.25) is 0 Å². The molecule has 2 atom stereocenters. The van der Waals surface area contributed by atoms with Gasteiger partial charge in [0, 0.05) is 12.1 Å². The van der Waals surface area contributed by atoms with E-state index >= 15 is 0 Å². The first-order valence-corrected chi connectivity index (χ1v) is 6.82. The lowest BCUT2D eigenvalue weighted by atomic mass is 10.0. The van der Waals surface area contributed by atoms with Crippen molar-refractivity contribution in [1.29, 1.82) is 0 Å². The van der Waals surface area contributed by atoms with Gasteiger partial charge >= 0.3 is 0 Å². The third kappa shape index (κ3) is 3.70. The molecule has 1 aromatic carbocycles. The molecule has 0 saturated carbocycles. The summed E-state index contributed by atoms with van der Waals surface area (Å²) in [5, 5.41) is 33.4. The molecule has 0 aliphatic heterocycles. The molecular formula is C15H18N2O5. The van der Waals surface area contributed by atoms with Crippen molar-refractivity contribution >= 4 is 5.69 Å². The van der Waals surface area contributed by atoms with Gasteiger partial charge in [0.05, 0.1) is 36.5 Å². The van der Waals surface area contributed by atoms with Crippen molar-refractivity contribution in [3.8, 4) is 0 Å². The molecule has 0 unspecified atom stereocenters. The maximum Gasteiger partial charge on any atom is 0.269 e. The average Bonchev–Trinajstić information content (AvgIpc) is 2.93. The molecule has 0 aliphatic rings. The standard InChI is InChI=1S/C15H18N2O5/c1-10-6-7-22-14(10)8-16-13(9-18)15(19)11-2-4-12(5-3-11)17(20)21/h2-7,13,15-16,18-19H,8-9H2,1H3/t13-,15-/m0/s1. The Labute approximate surface area is 127 Å².